The molecule has 8 heavy (non-hydrogen) atoms. The molecule has 1 unspecified atom stereocenters. The summed E-state index contributed by atoms with van der Waals surface area (Å²) in [4.78, 5) is 0. The van der Waals surface area contributed by atoms with E-state index in [-0.39, 0.29) is 6.15 Å². The van der Waals surface area contributed by atoms with Crippen molar-refractivity contribution in [1.82, 2.24) is 6.15 Å². The highest BCUT2D eigenvalue weighted by molar-refractivity contribution is 7.98. The number of thioether (sulfide) groups is 1. The van der Waals surface area contributed by atoms with Crippen molar-refractivity contribution in [2.24, 2.45) is 5.92 Å². The molecule has 2 nitrogen and oxygen atoms in total. The van der Waals surface area contributed by atoms with E-state index in [1.54, 1.807) is 11.8 Å². The Morgan fingerprint density at radius 3 is 2.25 bits per heavy atom. The molecule has 0 saturated heterocycles. The van der Waals surface area contributed by atoms with Gasteiger partial charge in [-0.25, -0.2) is 0 Å². The van der Waals surface area contributed by atoms with Crippen LogP contribution < -0.4 is 6.15 Å². The quantitative estimate of drug-likeness (QED) is 0.613. The van der Waals surface area contributed by atoms with Gasteiger partial charge in [-0.15, -0.1) is 0 Å². The number of rotatable bonds is 3. The highest BCUT2D eigenvalue weighted by atomic mass is 32.2. The Morgan fingerprint density at radius 2 is 2.12 bits per heavy atom. The zero-order valence-corrected chi connectivity index (χ0v) is 6.37. The molecular weight excluding hydrogens is 122 g/mol. The van der Waals surface area contributed by atoms with Gasteiger partial charge in [0.05, 0.1) is 0 Å². The van der Waals surface area contributed by atoms with Crippen molar-refractivity contribution >= 4 is 11.8 Å². The SMILES string of the molecule is CSCC(C)CO.N. The molecule has 0 aliphatic carbocycles. The van der Waals surface area contributed by atoms with Gasteiger partial charge >= 0.3 is 0 Å². The van der Waals surface area contributed by atoms with Gasteiger partial charge in [0, 0.05) is 6.61 Å². The lowest BCUT2D eigenvalue weighted by Gasteiger charge is -2.01. The molecule has 0 amide bonds. The first-order valence-electron chi connectivity index (χ1n) is 2.41. The predicted molar refractivity (Wildman–Crippen MR) is 39.7 cm³/mol. The number of aliphatic hydroxyl groups is 1. The summed E-state index contributed by atoms with van der Waals surface area (Å²) in [6.07, 6.45) is 2.05. The van der Waals surface area contributed by atoms with Gasteiger partial charge in [-0.3, -0.25) is 0 Å². The third-order valence-electron chi connectivity index (χ3n) is 0.763. The molecule has 0 aromatic carbocycles. The molecule has 3 heteroatoms. The molecule has 0 radical (unpaired) electrons. The second-order valence-corrected chi connectivity index (χ2v) is 2.65. The first-order valence-corrected chi connectivity index (χ1v) is 3.80. The van der Waals surface area contributed by atoms with E-state index in [4.69, 9.17) is 5.11 Å². The minimum atomic E-state index is 0. The molecule has 0 aromatic rings. The van der Waals surface area contributed by atoms with Crippen molar-refractivity contribution in [2.75, 3.05) is 18.6 Å². The number of aliphatic hydroxyl groups excluding tert-OH is 1. The van der Waals surface area contributed by atoms with E-state index in [9.17, 15) is 0 Å². The Balaban J connectivity index is 0. The van der Waals surface area contributed by atoms with Gasteiger partial charge in [-0.2, -0.15) is 11.8 Å². The fourth-order valence-electron chi connectivity index (χ4n) is 0.337. The second-order valence-electron chi connectivity index (χ2n) is 1.74. The van der Waals surface area contributed by atoms with Crippen molar-refractivity contribution in [3.8, 4) is 0 Å². The zero-order chi connectivity index (χ0) is 5.70. The van der Waals surface area contributed by atoms with Crippen LogP contribution in [-0.2, 0) is 0 Å². The Hall–Kier alpha value is 0.270. The molecule has 0 bridgehead atoms. The van der Waals surface area contributed by atoms with Gasteiger partial charge in [0.15, 0.2) is 0 Å². The Bertz CT molecular complexity index is 43.4. The highest BCUT2D eigenvalue weighted by Crippen LogP contribution is 2.01. The standard InChI is InChI=1S/C5H12OS.H3N/c1-5(3-6)4-7-2;/h5-6H,3-4H2,1-2H3;1H3. The van der Waals surface area contributed by atoms with E-state index >= 15 is 0 Å². The summed E-state index contributed by atoms with van der Waals surface area (Å²) in [5.74, 6) is 1.53. The van der Waals surface area contributed by atoms with Crippen LogP contribution in [0.4, 0.5) is 0 Å². The third kappa shape index (κ3) is 6.27. The summed E-state index contributed by atoms with van der Waals surface area (Å²) in [5.41, 5.74) is 0. The normalized spacial score (nSPS) is 12.4. The maximum Gasteiger partial charge on any atom is 0.0464 e. The average molecular weight is 137 g/mol. The molecule has 0 saturated carbocycles. The van der Waals surface area contributed by atoms with Crippen molar-refractivity contribution in [3.63, 3.8) is 0 Å². The lowest BCUT2D eigenvalue weighted by Crippen LogP contribution is -2.02. The first kappa shape index (κ1) is 11.1. The van der Waals surface area contributed by atoms with Crippen LogP contribution in [0.15, 0.2) is 0 Å². The summed E-state index contributed by atoms with van der Waals surface area (Å²) >= 11 is 1.77. The minimum Gasteiger partial charge on any atom is -0.396 e. The number of hydrogen-bond acceptors (Lipinski definition) is 3. The molecule has 0 aliphatic rings. The van der Waals surface area contributed by atoms with E-state index in [0.29, 0.717) is 12.5 Å². The van der Waals surface area contributed by atoms with Crippen LogP contribution in [0.1, 0.15) is 6.92 Å². The summed E-state index contributed by atoms with van der Waals surface area (Å²) in [6, 6.07) is 0. The van der Waals surface area contributed by atoms with E-state index < -0.39 is 0 Å². The summed E-state index contributed by atoms with van der Waals surface area (Å²) in [7, 11) is 0. The second kappa shape index (κ2) is 7.27. The largest absolute Gasteiger partial charge is 0.396 e. The fraction of sp³-hybridized carbons (Fsp3) is 1.00. The van der Waals surface area contributed by atoms with Gasteiger partial charge in [0.25, 0.3) is 0 Å². The average Bonchev–Trinajstić information content (AvgIpc) is 1.68. The fourth-order valence-corrected chi connectivity index (χ4v) is 1.01. The molecule has 0 spiro atoms. The molecule has 4 N–H and O–H groups in total. The minimum absolute atomic E-state index is 0. The molecule has 0 fully saturated rings. The van der Waals surface area contributed by atoms with Gasteiger partial charge in [-0.1, -0.05) is 6.92 Å². The van der Waals surface area contributed by atoms with Crippen LogP contribution in [0.5, 0.6) is 0 Å². The predicted octanol–water partition coefficient (Wildman–Crippen LogP) is 1.14. The summed E-state index contributed by atoms with van der Waals surface area (Å²) < 4.78 is 0. The smallest absolute Gasteiger partial charge is 0.0464 e. The maximum absolute atomic E-state index is 8.45. The Morgan fingerprint density at radius 1 is 1.62 bits per heavy atom. The highest BCUT2D eigenvalue weighted by Gasteiger charge is 1.94. The van der Waals surface area contributed by atoms with Crippen molar-refractivity contribution in [3.05, 3.63) is 0 Å². The molecule has 52 valence electrons. The Kier molecular flexibility index (Phi) is 10.1. The first-order chi connectivity index (χ1) is 3.31. The topological polar surface area (TPSA) is 55.2 Å². The van der Waals surface area contributed by atoms with E-state index in [1.807, 2.05) is 13.2 Å². The van der Waals surface area contributed by atoms with E-state index in [1.165, 1.54) is 0 Å². The molecule has 0 aromatic heterocycles. The summed E-state index contributed by atoms with van der Waals surface area (Å²) in [6.45, 7) is 2.36. The van der Waals surface area contributed by atoms with E-state index in [2.05, 4.69) is 0 Å². The molecule has 0 heterocycles. The van der Waals surface area contributed by atoms with Crippen LogP contribution in [0.3, 0.4) is 0 Å². The van der Waals surface area contributed by atoms with Crippen molar-refractivity contribution in [2.45, 2.75) is 6.92 Å². The van der Waals surface area contributed by atoms with Gasteiger partial charge in [0.2, 0.25) is 0 Å². The molecule has 1 atom stereocenters. The number of hydrogen-bond donors (Lipinski definition) is 2. The van der Waals surface area contributed by atoms with Crippen molar-refractivity contribution in [1.29, 1.82) is 0 Å². The molecule has 0 rings (SSSR count). The van der Waals surface area contributed by atoms with Crippen LogP contribution in [0.2, 0.25) is 0 Å². The van der Waals surface area contributed by atoms with Crippen LogP contribution >= 0.6 is 11.8 Å². The van der Waals surface area contributed by atoms with Crippen LogP contribution in [-0.4, -0.2) is 23.7 Å². The lowest BCUT2D eigenvalue weighted by atomic mass is 10.2. The van der Waals surface area contributed by atoms with E-state index in [0.717, 1.165) is 5.75 Å². The zero-order valence-electron chi connectivity index (χ0n) is 5.55. The maximum atomic E-state index is 8.45. The van der Waals surface area contributed by atoms with Crippen molar-refractivity contribution < 1.29 is 5.11 Å². The van der Waals surface area contributed by atoms with Crippen LogP contribution in [0.25, 0.3) is 0 Å². The van der Waals surface area contributed by atoms with Crippen LogP contribution in [0, 0.1) is 5.92 Å². The van der Waals surface area contributed by atoms with Gasteiger partial charge in [0.1, 0.15) is 0 Å². The third-order valence-corrected chi connectivity index (χ3v) is 1.67. The molecular formula is C5H15NOS. The lowest BCUT2D eigenvalue weighted by molar-refractivity contribution is 0.250. The monoisotopic (exact) mass is 137 g/mol. The summed E-state index contributed by atoms with van der Waals surface area (Å²) in [5, 5.41) is 8.45. The molecule has 0 aliphatic heterocycles. The Labute approximate surface area is 55.3 Å². The van der Waals surface area contributed by atoms with Gasteiger partial charge < -0.3 is 11.3 Å². The van der Waals surface area contributed by atoms with Gasteiger partial charge in [-0.05, 0) is 17.9 Å².